The fourth-order valence-electron chi connectivity index (χ4n) is 3.67. The third-order valence-electron chi connectivity index (χ3n) is 5.26. The van der Waals surface area contributed by atoms with E-state index in [1.54, 1.807) is 17.0 Å². The van der Waals surface area contributed by atoms with Crippen molar-refractivity contribution in [1.82, 2.24) is 15.2 Å². The van der Waals surface area contributed by atoms with Crippen molar-refractivity contribution in [3.05, 3.63) is 71.7 Å². The molecule has 0 aliphatic carbocycles. The van der Waals surface area contributed by atoms with Crippen LogP contribution in [0.25, 0.3) is 10.9 Å². The molecule has 1 saturated heterocycles. The van der Waals surface area contributed by atoms with E-state index in [0.717, 1.165) is 29.3 Å². The van der Waals surface area contributed by atoms with Crippen LogP contribution in [0.1, 0.15) is 28.8 Å². The number of likely N-dealkylation sites (tertiary alicyclic amines) is 1. The number of benzene rings is 2. The normalized spacial score (nSPS) is 16.9. The Morgan fingerprint density at radius 3 is 2.79 bits per heavy atom. The van der Waals surface area contributed by atoms with E-state index in [0.29, 0.717) is 25.2 Å². The van der Waals surface area contributed by atoms with Gasteiger partial charge in [-0.2, -0.15) is 0 Å². The number of H-pyrrole nitrogens is 1. The monoisotopic (exact) mass is 379 g/mol. The van der Waals surface area contributed by atoms with Gasteiger partial charge in [0.2, 0.25) is 5.91 Å². The second kappa shape index (κ2) is 7.84. The molecule has 0 bridgehead atoms. The molecule has 1 aliphatic heterocycles. The Hall–Kier alpha value is -3.15. The lowest BCUT2D eigenvalue weighted by atomic mass is 9.96. The number of hydrogen-bond donors (Lipinski definition) is 2. The van der Waals surface area contributed by atoms with Gasteiger partial charge in [0.25, 0.3) is 5.91 Å². The standard InChI is InChI=1S/C22H22FN3O2/c23-19-7-3-15(4-8-19)13-25-21(27)18-2-1-11-26(14-18)22(28)17-6-5-16-9-10-24-20(16)12-17/h3-10,12,18,24H,1-2,11,13-14H2,(H,25,27)/t18-/m1/s1. The molecule has 1 fully saturated rings. The van der Waals surface area contributed by atoms with Gasteiger partial charge in [-0.1, -0.05) is 18.2 Å². The van der Waals surface area contributed by atoms with Gasteiger partial charge in [0.15, 0.2) is 0 Å². The number of carbonyl (C=O) groups is 2. The summed E-state index contributed by atoms with van der Waals surface area (Å²) < 4.78 is 13.0. The van der Waals surface area contributed by atoms with Crippen molar-refractivity contribution in [2.75, 3.05) is 13.1 Å². The maximum absolute atomic E-state index is 13.0. The molecule has 1 aromatic heterocycles. The SMILES string of the molecule is O=C(NCc1ccc(F)cc1)[C@@H]1CCCN(C(=O)c2ccc3cc[nH]c3c2)C1. The van der Waals surface area contributed by atoms with Crippen LogP contribution in [0.2, 0.25) is 0 Å². The van der Waals surface area contributed by atoms with Crippen LogP contribution in [-0.4, -0.2) is 34.8 Å². The molecule has 28 heavy (non-hydrogen) atoms. The molecule has 2 amide bonds. The van der Waals surface area contributed by atoms with Gasteiger partial charge in [-0.05, 0) is 54.1 Å². The molecule has 5 nitrogen and oxygen atoms in total. The molecule has 2 N–H and O–H groups in total. The van der Waals surface area contributed by atoms with Crippen molar-refractivity contribution in [3.8, 4) is 0 Å². The van der Waals surface area contributed by atoms with Crippen LogP contribution in [0.5, 0.6) is 0 Å². The highest BCUT2D eigenvalue weighted by Gasteiger charge is 2.28. The molecular formula is C22H22FN3O2. The molecule has 0 radical (unpaired) electrons. The Bertz CT molecular complexity index is 996. The number of piperidine rings is 1. The first-order valence-corrected chi connectivity index (χ1v) is 9.49. The van der Waals surface area contributed by atoms with Crippen molar-refractivity contribution in [3.63, 3.8) is 0 Å². The van der Waals surface area contributed by atoms with E-state index in [2.05, 4.69) is 10.3 Å². The molecule has 0 saturated carbocycles. The summed E-state index contributed by atoms with van der Waals surface area (Å²) in [7, 11) is 0. The molecule has 6 heteroatoms. The maximum atomic E-state index is 13.0. The lowest BCUT2D eigenvalue weighted by molar-refractivity contribution is -0.126. The molecule has 2 aromatic carbocycles. The number of fused-ring (bicyclic) bond motifs is 1. The zero-order chi connectivity index (χ0) is 19.5. The summed E-state index contributed by atoms with van der Waals surface area (Å²) in [4.78, 5) is 30.3. The number of nitrogens with one attached hydrogen (secondary N) is 2. The Balaban J connectivity index is 1.38. The second-order valence-electron chi connectivity index (χ2n) is 7.21. The molecule has 3 aromatic rings. The number of aromatic nitrogens is 1. The number of nitrogens with zero attached hydrogens (tertiary/aromatic N) is 1. The number of halogens is 1. The smallest absolute Gasteiger partial charge is 0.253 e. The van der Waals surface area contributed by atoms with Crippen LogP contribution in [-0.2, 0) is 11.3 Å². The highest BCUT2D eigenvalue weighted by atomic mass is 19.1. The summed E-state index contributed by atoms with van der Waals surface area (Å²) in [6.07, 6.45) is 3.40. The largest absolute Gasteiger partial charge is 0.361 e. The Morgan fingerprint density at radius 1 is 1.14 bits per heavy atom. The number of amides is 2. The minimum atomic E-state index is -0.297. The minimum Gasteiger partial charge on any atom is -0.361 e. The van der Waals surface area contributed by atoms with E-state index in [1.807, 2.05) is 30.5 Å². The number of carbonyl (C=O) groups excluding carboxylic acids is 2. The van der Waals surface area contributed by atoms with Gasteiger partial charge in [0, 0.05) is 36.9 Å². The molecule has 2 heterocycles. The average Bonchev–Trinajstić information content (AvgIpc) is 3.20. The van der Waals surface area contributed by atoms with Gasteiger partial charge in [0.1, 0.15) is 5.82 Å². The van der Waals surface area contributed by atoms with E-state index < -0.39 is 0 Å². The van der Waals surface area contributed by atoms with E-state index in [4.69, 9.17) is 0 Å². The van der Waals surface area contributed by atoms with E-state index in [-0.39, 0.29) is 23.5 Å². The zero-order valence-electron chi connectivity index (χ0n) is 15.5. The van der Waals surface area contributed by atoms with E-state index >= 15 is 0 Å². The van der Waals surface area contributed by atoms with Crippen molar-refractivity contribution < 1.29 is 14.0 Å². The van der Waals surface area contributed by atoms with Crippen molar-refractivity contribution >= 4 is 22.7 Å². The van der Waals surface area contributed by atoms with E-state index in [9.17, 15) is 14.0 Å². The predicted molar refractivity (Wildman–Crippen MR) is 105 cm³/mol. The van der Waals surface area contributed by atoms with Gasteiger partial charge in [-0.3, -0.25) is 9.59 Å². The highest BCUT2D eigenvalue weighted by molar-refractivity contribution is 5.98. The summed E-state index contributed by atoms with van der Waals surface area (Å²) in [6, 6.07) is 13.6. The van der Waals surface area contributed by atoms with Crippen LogP contribution in [0.4, 0.5) is 4.39 Å². The number of aromatic amines is 1. The Labute approximate surface area is 162 Å². The topological polar surface area (TPSA) is 65.2 Å². The van der Waals surface area contributed by atoms with Crippen LogP contribution >= 0.6 is 0 Å². The van der Waals surface area contributed by atoms with E-state index in [1.165, 1.54) is 12.1 Å². The van der Waals surface area contributed by atoms with Crippen molar-refractivity contribution in [2.24, 2.45) is 5.92 Å². The summed E-state index contributed by atoms with van der Waals surface area (Å²) in [5.74, 6) is -0.643. The third-order valence-corrected chi connectivity index (χ3v) is 5.26. The molecule has 1 atom stereocenters. The molecule has 144 valence electrons. The minimum absolute atomic E-state index is 0.0486. The van der Waals surface area contributed by atoms with Gasteiger partial charge in [-0.25, -0.2) is 4.39 Å². The summed E-state index contributed by atoms with van der Waals surface area (Å²) in [6.45, 7) is 1.42. The third kappa shape index (κ3) is 3.91. The lowest BCUT2D eigenvalue weighted by Crippen LogP contribution is -2.45. The molecule has 0 spiro atoms. The van der Waals surface area contributed by atoms with Crippen LogP contribution in [0.3, 0.4) is 0 Å². The summed E-state index contributed by atoms with van der Waals surface area (Å²) >= 11 is 0. The fourth-order valence-corrected chi connectivity index (χ4v) is 3.67. The quantitative estimate of drug-likeness (QED) is 0.729. The maximum Gasteiger partial charge on any atom is 0.253 e. The first-order chi connectivity index (χ1) is 13.6. The Kier molecular flexibility index (Phi) is 5.10. The number of hydrogen-bond acceptors (Lipinski definition) is 2. The molecular weight excluding hydrogens is 357 g/mol. The van der Waals surface area contributed by atoms with Gasteiger partial charge < -0.3 is 15.2 Å². The van der Waals surface area contributed by atoms with Crippen molar-refractivity contribution in [2.45, 2.75) is 19.4 Å². The lowest BCUT2D eigenvalue weighted by Gasteiger charge is -2.32. The first-order valence-electron chi connectivity index (χ1n) is 9.49. The number of rotatable bonds is 4. The van der Waals surface area contributed by atoms with Crippen LogP contribution in [0, 0.1) is 11.7 Å². The second-order valence-corrected chi connectivity index (χ2v) is 7.21. The van der Waals surface area contributed by atoms with Gasteiger partial charge in [-0.15, -0.1) is 0 Å². The van der Waals surface area contributed by atoms with Crippen LogP contribution < -0.4 is 5.32 Å². The molecule has 0 unspecified atom stereocenters. The van der Waals surface area contributed by atoms with Gasteiger partial charge >= 0.3 is 0 Å². The summed E-state index contributed by atoms with van der Waals surface area (Å²) in [5.41, 5.74) is 2.40. The van der Waals surface area contributed by atoms with Crippen molar-refractivity contribution in [1.29, 1.82) is 0 Å². The molecule has 1 aliphatic rings. The fraction of sp³-hybridized carbons (Fsp3) is 0.273. The van der Waals surface area contributed by atoms with Gasteiger partial charge in [0.05, 0.1) is 5.92 Å². The molecule has 4 rings (SSSR count). The average molecular weight is 379 g/mol. The first kappa shape index (κ1) is 18.2. The highest BCUT2D eigenvalue weighted by Crippen LogP contribution is 2.21. The predicted octanol–water partition coefficient (Wildman–Crippen LogP) is 3.48. The van der Waals surface area contributed by atoms with Crippen LogP contribution in [0.15, 0.2) is 54.7 Å². The zero-order valence-corrected chi connectivity index (χ0v) is 15.5. The summed E-state index contributed by atoms with van der Waals surface area (Å²) in [5, 5.41) is 3.97. The Morgan fingerprint density at radius 2 is 1.96 bits per heavy atom.